The van der Waals surface area contributed by atoms with Crippen molar-refractivity contribution in [2.75, 3.05) is 45.3 Å². The van der Waals surface area contributed by atoms with Gasteiger partial charge in [0, 0.05) is 32.2 Å². The van der Waals surface area contributed by atoms with E-state index in [1.807, 2.05) is 11.0 Å². The predicted molar refractivity (Wildman–Crippen MR) is 180 cm³/mol. The first kappa shape index (κ1) is 48.5. The Balaban J connectivity index is 1.65. The van der Waals surface area contributed by atoms with E-state index in [0.717, 1.165) is 6.92 Å². The molecule has 0 bridgehead atoms. The summed E-state index contributed by atoms with van der Waals surface area (Å²) in [7, 11) is -9.91. The highest BCUT2D eigenvalue weighted by molar-refractivity contribution is 7.52. The fourth-order valence-corrected chi connectivity index (χ4v) is 8.33. The number of aliphatic hydroxyl groups is 7. The lowest BCUT2D eigenvalue weighted by Crippen LogP contribution is -2.74. The Kier molecular flexibility index (Phi) is 18.1. The molecule has 3 heterocycles. The van der Waals surface area contributed by atoms with Gasteiger partial charge in [0.2, 0.25) is 17.7 Å². The highest BCUT2D eigenvalue weighted by Gasteiger charge is 2.58. The van der Waals surface area contributed by atoms with Gasteiger partial charge >= 0.3 is 15.2 Å². The minimum absolute atomic E-state index is 0.0656. The molecule has 0 aromatic rings. The molecule has 28 heteroatoms. The van der Waals surface area contributed by atoms with E-state index < -0.39 is 163 Å². The number of nitrogens with two attached hydrogens (primary N) is 1. The van der Waals surface area contributed by atoms with E-state index in [0.29, 0.717) is 0 Å². The van der Waals surface area contributed by atoms with Crippen LogP contribution in [0.5, 0.6) is 0 Å². The number of hydrogen-bond acceptors (Lipinski definition) is 19. The second-order valence-electron chi connectivity index (χ2n) is 13.7. The van der Waals surface area contributed by atoms with Crippen LogP contribution in [0.25, 0.3) is 0 Å². The van der Waals surface area contributed by atoms with Gasteiger partial charge in [-0.1, -0.05) is 0 Å². The molecule has 16 N–H and O–H groups in total. The highest BCUT2D eigenvalue weighted by Crippen LogP contribution is 2.44. The van der Waals surface area contributed by atoms with E-state index in [4.69, 9.17) is 34.4 Å². The molecule has 3 saturated heterocycles. The highest BCUT2D eigenvalue weighted by atomic mass is 31.2. The minimum atomic E-state index is -4.99. The maximum Gasteiger partial charge on any atom is 0.328 e. The summed E-state index contributed by atoms with van der Waals surface area (Å²) < 4.78 is 45.7. The van der Waals surface area contributed by atoms with Crippen LogP contribution in [0.1, 0.15) is 26.2 Å². The average Bonchev–Trinajstić information content (AvgIpc) is 3.08. The van der Waals surface area contributed by atoms with Crippen molar-refractivity contribution in [3.63, 3.8) is 0 Å². The Morgan fingerprint density at radius 3 is 1.93 bits per heavy atom. The largest absolute Gasteiger partial charge is 0.394 e. The number of amides is 3. The molecule has 26 nitrogen and oxygen atoms in total. The van der Waals surface area contributed by atoms with Crippen molar-refractivity contribution in [3.8, 4) is 0 Å². The molecule has 0 unspecified atom stereocenters. The molecular formula is C28H52N4O22P2. The molecule has 3 amide bonds. The van der Waals surface area contributed by atoms with Crippen molar-refractivity contribution in [2.45, 2.75) is 105 Å². The van der Waals surface area contributed by atoms with Crippen molar-refractivity contribution < 1.29 is 107 Å². The first-order valence-corrected chi connectivity index (χ1v) is 20.8. The van der Waals surface area contributed by atoms with Crippen LogP contribution in [0.3, 0.4) is 0 Å². The Bertz CT molecular complexity index is 1410. The van der Waals surface area contributed by atoms with Gasteiger partial charge in [0.05, 0.1) is 56.4 Å². The van der Waals surface area contributed by atoms with Gasteiger partial charge in [0.15, 0.2) is 6.29 Å². The molecule has 0 aliphatic carbocycles. The quantitative estimate of drug-likeness (QED) is 0.0424. The SMILES string of the molecule is CC(=O)N[C@@]1(CC(=O)NOC[C@H]2O[C@H](CP(=O)(O)O)[C@H](CC(=O)NOC[C@H]3O[C@H](OCCN)C[C@@H](O)[C@@H]3O)[C@@H](O)[C@@H]2O)[C@@H](CP(=O)(O)O)O[C@H](CO)[C@@H](O)[C@@H]1O. The lowest BCUT2D eigenvalue weighted by atomic mass is 9.76. The number of carbonyl (C=O) groups is 3. The van der Waals surface area contributed by atoms with Crippen LogP contribution in [0, 0.1) is 5.92 Å². The number of hydrogen-bond donors (Lipinski definition) is 15. The summed E-state index contributed by atoms with van der Waals surface area (Å²) in [4.78, 5) is 86.8. The minimum Gasteiger partial charge on any atom is -0.394 e. The van der Waals surface area contributed by atoms with Crippen LogP contribution in [0.4, 0.5) is 0 Å². The fourth-order valence-electron chi connectivity index (χ4n) is 6.66. The lowest BCUT2D eigenvalue weighted by molar-refractivity contribution is -0.261. The molecule has 0 saturated carbocycles. The van der Waals surface area contributed by atoms with Gasteiger partial charge in [-0.15, -0.1) is 0 Å². The van der Waals surface area contributed by atoms with Crippen molar-refractivity contribution in [1.29, 1.82) is 0 Å². The molecule has 0 radical (unpaired) electrons. The zero-order valence-electron chi connectivity index (χ0n) is 30.0. The van der Waals surface area contributed by atoms with Crippen LogP contribution < -0.4 is 22.0 Å². The van der Waals surface area contributed by atoms with Crippen molar-refractivity contribution in [1.82, 2.24) is 16.3 Å². The number of aliphatic hydroxyl groups excluding tert-OH is 7. The molecule has 14 atom stereocenters. The molecule has 3 aliphatic rings. The molecule has 326 valence electrons. The lowest BCUT2D eigenvalue weighted by Gasteiger charge is -2.51. The van der Waals surface area contributed by atoms with Gasteiger partial charge in [0.25, 0.3) is 0 Å². The van der Waals surface area contributed by atoms with Crippen molar-refractivity contribution >= 4 is 32.9 Å². The predicted octanol–water partition coefficient (Wildman–Crippen LogP) is -7.51. The van der Waals surface area contributed by atoms with Gasteiger partial charge in [-0.05, 0) is 0 Å². The molecule has 0 aromatic heterocycles. The van der Waals surface area contributed by atoms with Gasteiger partial charge < -0.3 is 85.3 Å². The molecule has 56 heavy (non-hydrogen) atoms. The Labute approximate surface area is 318 Å². The number of ether oxygens (including phenoxy) is 4. The number of carbonyl (C=O) groups excluding carboxylic acids is 3. The van der Waals surface area contributed by atoms with Crippen molar-refractivity contribution in [3.05, 3.63) is 0 Å². The second kappa shape index (κ2) is 20.9. The Hall–Kier alpha value is -1.85. The van der Waals surface area contributed by atoms with E-state index >= 15 is 0 Å². The van der Waals surface area contributed by atoms with E-state index in [1.54, 1.807) is 0 Å². The fraction of sp³-hybridized carbons (Fsp3) is 0.893. The number of hydroxylamine groups is 2. The number of rotatable bonds is 19. The molecule has 3 fully saturated rings. The third-order valence-corrected chi connectivity index (χ3v) is 10.9. The smallest absolute Gasteiger partial charge is 0.328 e. The number of nitrogens with one attached hydrogen (secondary N) is 3. The Morgan fingerprint density at radius 1 is 0.786 bits per heavy atom. The zero-order valence-corrected chi connectivity index (χ0v) is 31.7. The van der Waals surface area contributed by atoms with Gasteiger partial charge in [-0.3, -0.25) is 33.2 Å². The summed E-state index contributed by atoms with van der Waals surface area (Å²) in [5, 5.41) is 75.3. The summed E-state index contributed by atoms with van der Waals surface area (Å²) in [6, 6.07) is 0. The van der Waals surface area contributed by atoms with E-state index in [-0.39, 0.29) is 19.6 Å². The summed E-state index contributed by atoms with van der Waals surface area (Å²) in [6.45, 7) is -1.06. The van der Waals surface area contributed by atoms with E-state index in [9.17, 15) is 78.8 Å². The van der Waals surface area contributed by atoms with Crippen LogP contribution in [0.15, 0.2) is 0 Å². The van der Waals surface area contributed by atoms with Crippen LogP contribution in [-0.4, -0.2) is 197 Å². The standard InChI is InChI=1S/C28H52N4O22P2/c1-12(34)30-28(19(11-56(46,47)48)53-15(7-33)26(41)27(28)42)6-21(37)32-51-9-17-25(40)23(38)13(18(52-17)10-55(43,44)45)4-20(36)31-50-8-16-24(39)14(35)5-22(54-16)49-3-2-29/h13-19,22-27,33,35,38-42H,2-11,29H2,1H3,(H,30,34)(H,31,36)(H,32,37)(H2,43,44,45)(H2,46,47,48)/t13-,14+,15+,16+,17+,18+,19+,22-,23+,24-,25+,26+,27-,28-/m0/s1. The first-order chi connectivity index (χ1) is 26.0. The summed E-state index contributed by atoms with van der Waals surface area (Å²) in [5.74, 6) is -4.58. The monoisotopic (exact) mass is 858 g/mol. The molecule has 0 spiro atoms. The Morgan fingerprint density at radius 2 is 1.38 bits per heavy atom. The van der Waals surface area contributed by atoms with Crippen LogP contribution >= 0.6 is 15.2 Å². The average molecular weight is 859 g/mol. The van der Waals surface area contributed by atoms with Crippen LogP contribution in [-0.2, 0) is 52.1 Å². The van der Waals surface area contributed by atoms with Gasteiger partial charge in [-0.25, -0.2) is 11.0 Å². The molecule has 0 aromatic carbocycles. The summed E-state index contributed by atoms with van der Waals surface area (Å²) in [5.41, 5.74) is 6.88. The normalized spacial score (nSPS) is 36.8. The van der Waals surface area contributed by atoms with Crippen molar-refractivity contribution in [2.24, 2.45) is 11.7 Å². The van der Waals surface area contributed by atoms with Crippen LogP contribution in [0.2, 0.25) is 0 Å². The van der Waals surface area contributed by atoms with E-state index in [2.05, 4.69) is 5.32 Å². The first-order valence-electron chi connectivity index (χ1n) is 17.2. The summed E-state index contributed by atoms with van der Waals surface area (Å²) >= 11 is 0. The third kappa shape index (κ3) is 13.6. The topological polar surface area (TPSA) is 425 Å². The summed E-state index contributed by atoms with van der Waals surface area (Å²) in [6.07, 6.45) is -23.4. The molecule has 3 aliphatic heterocycles. The third-order valence-electron chi connectivity index (χ3n) is 9.25. The second-order valence-corrected chi connectivity index (χ2v) is 17.1. The van der Waals surface area contributed by atoms with E-state index in [1.165, 1.54) is 0 Å². The van der Waals surface area contributed by atoms with Gasteiger partial charge in [-0.2, -0.15) is 0 Å². The molecular weight excluding hydrogens is 806 g/mol. The van der Waals surface area contributed by atoms with Gasteiger partial charge in [0.1, 0.15) is 61.5 Å². The maximum atomic E-state index is 13.1. The maximum absolute atomic E-state index is 13.1. The zero-order chi connectivity index (χ0) is 42.2. The molecule has 3 rings (SSSR count).